The molecule has 122 valence electrons. The summed E-state index contributed by atoms with van der Waals surface area (Å²) in [4.78, 5) is 22.9. The summed E-state index contributed by atoms with van der Waals surface area (Å²) < 4.78 is 0. The van der Waals surface area contributed by atoms with Gasteiger partial charge < -0.3 is 4.90 Å². The van der Waals surface area contributed by atoms with E-state index in [0.29, 0.717) is 29.0 Å². The summed E-state index contributed by atoms with van der Waals surface area (Å²) in [6.45, 7) is 6.97. The van der Waals surface area contributed by atoms with Gasteiger partial charge in [0, 0.05) is 29.5 Å². The van der Waals surface area contributed by atoms with Crippen molar-refractivity contribution in [1.29, 1.82) is 0 Å². The molecule has 0 bridgehead atoms. The van der Waals surface area contributed by atoms with Crippen molar-refractivity contribution < 1.29 is 4.79 Å². The number of aryl methyl sites for hydroxylation is 2. The predicted molar refractivity (Wildman–Crippen MR) is 94.8 cm³/mol. The molecule has 23 heavy (non-hydrogen) atoms. The first-order valence-electron chi connectivity index (χ1n) is 7.46. The summed E-state index contributed by atoms with van der Waals surface area (Å²) >= 11 is 7.54. The molecule has 0 spiro atoms. The van der Waals surface area contributed by atoms with E-state index >= 15 is 0 Å². The Morgan fingerprint density at radius 1 is 1.22 bits per heavy atom. The summed E-state index contributed by atoms with van der Waals surface area (Å²) in [7, 11) is 0. The van der Waals surface area contributed by atoms with E-state index in [1.165, 1.54) is 11.8 Å². The third-order valence-electron chi connectivity index (χ3n) is 3.34. The van der Waals surface area contributed by atoms with Crippen molar-refractivity contribution in [2.75, 3.05) is 12.3 Å². The third-order valence-corrected chi connectivity index (χ3v) is 4.54. The van der Waals surface area contributed by atoms with Crippen LogP contribution in [0.2, 0.25) is 5.02 Å². The SMILES string of the molecule is CCN(Cc1ccccc1Cl)C(=O)CSc1nc(C)cc(C)n1. The molecule has 0 fully saturated rings. The first kappa shape index (κ1) is 17.8. The molecular weight excluding hydrogens is 330 g/mol. The number of benzene rings is 1. The summed E-state index contributed by atoms with van der Waals surface area (Å²) in [6, 6.07) is 9.52. The smallest absolute Gasteiger partial charge is 0.233 e. The maximum Gasteiger partial charge on any atom is 0.233 e. The molecule has 0 aliphatic rings. The van der Waals surface area contributed by atoms with Gasteiger partial charge in [-0.15, -0.1) is 0 Å². The molecule has 0 atom stereocenters. The molecule has 6 heteroatoms. The van der Waals surface area contributed by atoms with E-state index in [4.69, 9.17) is 11.6 Å². The van der Waals surface area contributed by atoms with E-state index in [2.05, 4.69) is 9.97 Å². The molecular formula is C17H20ClN3OS. The predicted octanol–water partition coefficient (Wildman–Crippen LogP) is 3.89. The maximum atomic E-state index is 12.4. The van der Waals surface area contributed by atoms with Crippen molar-refractivity contribution in [3.63, 3.8) is 0 Å². The Morgan fingerprint density at radius 3 is 2.48 bits per heavy atom. The molecule has 4 nitrogen and oxygen atoms in total. The molecule has 0 aliphatic carbocycles. The molecule has 0 N–H and O–H groups in total. The Morgan fingerprint density at radius 2 is 1.87 bits per heavy atom. The number of hydrogen-bond donors (Lipinski definition) is 0. The Bertz CT molecular complexity index is 673. The van der Waals surface area contributed by atoms with E-state index in [1.54, 1.807) is 4.90 Å². The van der Waals surface area contributed by atoms with Crippen LogP contribution in [0.3, 0.4) is 0 Å². The Hall–Kier alpha value is -1.59. The number of nitrogens with zero attached hydrogens (tertiary/aromatic N) is 3. The van der Waals surface area contributed by atoms with Gasteiger partial charge in [0.1, 0.15) is 0 Å². The highest BCUT2D eigenvalue weighted by molar-refractivity contribution is 7.99. The number of thioether (sulfide) groups is 1. The summed E-state index contributed by atoms with van der Waals surface area (Å²) in [5, 5.41) is 1.33. The monoisotopic (exact) mass is 349 g/mol. The maximum absolute atomic E-state index is 12.4. The Labute approximate surface area is 146 Å². The second-order valence-corrected chi connectivity index (χ2v) is 6.57. The van der Waals surface area contributed by atoms with Crippen molar-refractivity contribution in [3.8, 4) is 0 Å². The number of carbonyl (C=O) groups is 1. The first-order valence-corrected chi connectivity index (χ1v) is 8.82. The zero-order chi connectivity index (χ0) is 16.8. The minimum atomic E-state index is 0.0557. The van der Waals surface area contributed by atoms with Gasteiger partial charge in [0.25, 0.3) is 0 Å². The summed E-state index contributed by atoms with van der Waals surface area (Å²) in [5.41, 5.74) is 2.78. The normalized spacial score (nSPS) is 10.6. The van der Waals surface area contributed by atoms with Crippen LogP contribution in [0.1, 0.15) is 23.9 Å². The molecule has 1 aromatic heterocycles. The number of halogens is 1. The third kappa shape index (κ3) is 5.22. The van der Waals surface area contributed by atoms with Gasteiger partial charge in [0.15, 0.2) is 5.16 Å². The molecule has 1 aromatic carbocycles. The topological polar surface area (TPSA) is 46.1 Å². The number of rotatable bonds is 6. The van der Waals surface area contributed by atoms with Gasteiger partial charge >= 0.3 is 0 Å². The number of hydrogen-bond acceptors (Lipinski definition) is 4. The lowest BCUT2D eigenvalue weighted by atomic mass is 10.2. The van der Waals surface area contributed by atoms with E-state index in [0.717, 1.165) is 17.0 Å². The van der Waals surface area contributed by atoms with Crippen LogP contribution in [0, 0.1) is 13.8 Å². The fourth-order valence-corrected chi connectivity index (χ4v) is 3.23. The first-order chi connectivity index (χ1) is 11.0. The van der Waals surface area contributed by atoms with Gasteiger partial charge in [-0.3, -0.25) is 4.79 Å². The van der Waals surface area contributed by atoms with Crippen LogP contribution in [0.15, 0.2) is 35.5 Å². The molecule has 0 unspecified atom stereocenters. The van der Waals surface area contributed by atoms with Gasteiger partial charge in [-0.25, -0.2) is 9.97 Å². The van der Waals surface area contributed by atoms with Crippen molar-refractivity contribution in [2.24, 2.45) is 0 Å². The fraction of sp³-hybridized carbons (Fsp3) is 0.353. The highest BCUT2D eigenvalue weighted by Gasteiger charge is 2.15. The average molecular weight is 350 g/mol. The van der Waals surface area contributed by atoms with E-state index in [9.17, 15) is 4.79 Å². The molecule has 1 heterocycles. The lowest BCUT2D eigenvalue weighted by Crippen LogP contribution is -2.31. The van der Waals surface area contributed by atoms with E-state index < -0.39 is 0 Å². The molecule has 0 radical (unpaired) electrons. The fourth-order valence-electron chi connectivity index (χ4n) is 2.18. The average Bonchev–Trinajstić information content (AvgIpc) is 2.51. The van der Waals surface area contributed by atoms with Crippen molar-refractivity contribution >= 4 is 29.3 Å². The Balaban J connectivity index is 1.98. The van der Waals surface area contributed by atoms with Gasteiger partial charge in [-0.05, 0) is 38.5 Å². The molecule has 0 saturated carbocycles. The van der Waals surface area contributed by atoms with Crippen molar-refractivity contribution in [1.82, 2.24) is 14.9 Å². The largest absolute Gasteiger partial charge is 0.338 e. The molecule has 2 rings (SSSR count). The van der Waals surface area contributed by atoms with Crippen LogP contribution >= 0.6 is 23.4 Å². The van der Waals surface area contributed by atoms with Crippen LogP contribution in [0.25, 0.3) is 0 Å². The van der Waals surface area contributed by atoms with E-state index in [-0.39, 0.29) is 5.91 Å². The zero-order valence-corrected chi connectivity index (χ0v) is 15.1. The summed E-state index contributed by atoms with van der Waals surface area (Å²) in [6.07, 6.45) is 0. The molecule has 0 aliphatic heterocycles. The second kappa shape index (κ2) is 8.31. The minimum Gasteiger partial charge on any atom is -0.338 e. The Kier molecular flexibility index (Phi) is 6.42. The quantitative estimate of drug-likeness (QED) is 0.586. The lowest BCUT2D eigenvalue weighted by Gasteiger charge is -2.21. The van der Waals surface area contributed by atoms with Crippen LogP contribution in [-0.2, 0) is 11.3 Å². The van der Waals surface area contributed by atoms with Crippen LogP contribution < -0.4 is 0 Å². The molecule has 2 aromatic rings. The van der Waals surface area contributed by atoms with Gasteiger partial charge in [-0.1, -0.05) is 41.6 Å². The highest BCUT2D eigenvalue weighted by Crippen LogP contribution is 2.19. The van der Waals surface area contributed by atoms with Crippen LogP contribution in [-0.4, -0.2) is 33.1 Å². The molecule has 0 saturated heterocycles. The van der Waals surface area contributed by atoms with Gasteiger partial charge in [0.05, 0.1) is 5.75 Å². The molecule has 1 amide bonds. The number of aromatic nitrogens is 2. The van der Waals surface area contributed by atoms with Crippen molar-refractivity contribution in [3.05, 3.63) is 52.3 Å². The van der Waals surface area contributed by atoms with Crippen LogP contribution in [0.5, 0.6) is 0 Å². The lowest BCUT2D eigenvalue weighted by molar-refractivity contribution is -0.128. The summed E-state index contributed by atoms with van der Waals surface area (Å²) in [5.74, 6) is 0.376. The standard InChI is InChI=1S/C17H20ClN3OS/c1-4-21(10-14-7-5-6-8-15(14)18)16(22)11-23-17-19-12(2)9-13(3)20-17/h5-9H,4,10-11H2,1-3H3. The zero-order valence-electron chi connectivity index (χ0n) is 13.5. The van der Waals surface area contributed by atoms with Crippen LogP contribution in [0.4, 0.5) is 0 Å². The highest BCUT2D eigenvalue weighted by atomic mass is 35.5. The minimum absolute atomic E-state index is 0.0557. The van der Waals surface area contributed by atoms with Gasteiger partial charge in [0.2, 0.25) is 5.91 Å². The number of carbonyl (C=O) groups excluding carboxylic acids is 1. The van der Waals surface area contributed by atoms with Crippen molar-refractivity contribution in [2.45, 2.75) is 32.5 Å². The van der Waals surface area contributed by atoms with E-state index in [1.807, 2.05) is 51.1 Å². The van der Waals surface area contributed by atoms with Gasteiger partial charge in [-0.2, -0.15) is 0 Å². The second-order valence-electron chi connectivity index (χ2n) is 5.22. The number of amides is 1.